The van der Waals surface area contributed by atoms with Crippen molar-refractivity contribution in [3.63, 3.8) is 0 Å². The molecule has 1 heterocycles. The van der Waals surface area contributed by atoms with E-state index in [0.29, 0.717) is 13.2 Å². The Balaban J connectivity index is 1.73. The maximum atomic E-state index is 10.1. The van der Waals surface area contributed by atoms with E-state index in [0.717, 1.165) is 57.1 Å². The van der Waals surface area contributed by atoms with Crippen LogP contribution >= 0.6 is 0 Å². The van der Waals surface area contributed by atoms with Crippen molar-refractivity contribution in [2.45, 2.75) is 25.9 Å². The molecule has 1 N–H and O–H groups in total. The lowest BCUT2D eigenvalue weighted by atomic mass is 10.2. The number of unbranched alkanes of at least 4 members (excludes halogenated alkanes) is 1. The second-order valence-corrected chi connectivity index (χ2v) is 6.04. The number of rotatable bonds is 9. The summed E-state index contributed by atoms with van der Waals surface area (Å²) < 4.78 is 10.9. The molecule has 2 rings (SSSR count). The molecular formula is C18H30N2O3. The summed E-state index contributed by atoms with van der Waals surface area (Å²) in [6, 6.07) is 8.14. The van der Waals surface area contributed by atoms with E-state index < -0.39 is 6.10 Å². The third kappa shape index (κ3) is 5.68. The number of nitrogens with zero attached hydrogens (tertiary/aromatic N) is 2. The van der Waals surface area contributed by atoms with E-state index in [-0.39, 0.29) is 0 Å². The van der Waals surface area contributed by atoms with E-state index in [2.05, 4.69) is 22.8 Å². The first-order valence-electron chi connectivity index (χ1n) is 8.60. The van der Waals surface area contributed by atoms with Crippen LogP contribution in [0.25, 0.3) is 0 Å². The van der Waals surface area contributed by atoms with Crippen molar-refractivity contribution in [1.29, 1.82) is 0 Å². The molecule has 1 aliphatic rings. The number of methoxy groups -OCH3 is 1. The van der Waals surface area contributed by atoms with Gasteiger partial charge in [0.25, 0.3) is 0 Å². The van der Waals surface area contributed by atoms with Gasteiger partial charge in [-0.15, -0.1) is 0 Å². The molecule has 1 atom stereocenters. The van der Waals surface area contributed by atoms with Gasteiger partial charge in [0.05, 0.1) is 25.5 Å². The number of hydrogen-bond donors (Lipinski definition) is 1. The first-order valence-corrected chi connectivity index (χ1v) is 8.60. The number of β-amino-alcohol motifs (C(OH)–C–C–N with tert-alkyl or cyclic N) is 1. The van der Waals surface area contributed by atoms with Gasteiger partial charge < -0.3 is 19.5 Å². The van der Waals surface area contributed by atoms with Gasteiger partial charge in [0, 0.05) is 39.3 Å². The van der Waals surface area contributed by atoms with E-state index in [1.807, 2.05) is 18.2 Å². The van der Waals surface area contributed by atoms with Gasteiger partial charge in [-0.1, -0.05) is 25.5 Å². The molecule has 5 heteroatoms. The highest BCUT2D eigenvalue weighted by atomic mass is 16.5. The predicted molar refractivity (Wildman–Crippen MR) is 93.4 cm³/mol. The van der Waals surface area contributed by atoms with E-state index in [9.17, 15) is 5.11 Å². The minimum absolute atomic E-state index is 0.398. The molecule has 23 heavy (non-hydrogen) atoms. The van der Waals surface area contributed by atoms with Crippen molar-refractivity contribution in [2.75, 3.05) is 57.9 Å². The van der Waals surface area contributed by atoms with Crippen molar-refractivity contribution in [2.24, 2.45) is 0 Å². The van der Waals surface area contributed by atoms with Crippen LogP contribution < -0.4 is 9.64 Å². The molecule has 0 radical (unpaired) electrons. The van der Waals surface area contributed by atoms with E-state index in [1.165, 1.54) is 0 Å². The Morgan fingerprint density at radius 3 is 2.61 bits per heavy atom. The van der Waals surface area contributed by atoms with Crippen LogP contribution in [0.1, 0.15) is 19.8 Å². The van der Waals surface area contributed by atoms with Gasteiger partial charge in [0.15, 0.2) is 0 Å². The monoisotopic (exact) mass is 322 g/mol. The average molecular weight is 322 g/mol. The van der Waals surface area contributed by atoms with Crippen molar-refractivity contribution >= 4 is 5.69 Å². The van der Waals surface area contributed by atoms with E-state index in [4.69, 9.17) is 9.47 Å². The zero-order valence-electron chi connectivity index (χ0n) is 14.4. The summed E-state index contributed by atoms with van der Waals surface area (Å²) in [6.45, 7) is 7.80. The molecule has 1 aliphatic heterocycles. The van der Waals surface area contributed by atoms with Crippen LogP contribution in [0.2, 0.25) is 0 Å². The van der Waals surface area contributed by atoms with E-state index >= 15 is 0 Å². The molecule has 1 aromatic carbocycles. The molecule has 0 aromatic heterocycles. The Kier molecular flexibility index (Phi) is 7.65. The first-order chi connectivity index (χ1) is 11.2. The Labute approximate surface area is 139 Å². The third-order valence-electron chi connectivity index (χ3n) is 4.22. The summed E-state index contributed by atoms with van der Waals surface area (Å²) in [5.74, 6) is 0.922. The fourth-order valence-electron chi connectivity index (χ4n) is 2.88. The van der Waals surface area contributed by atoms with Crippen LogP contribution in [-0.2, 0) is 4.74 Å². The van der Waals surface area contributed by atoms with Crippen molar-refractivity contribution < 1.29 is 14.6 Å². The minimum Gasteiger partial charge on any atom is -0.495 e. The molecule has 1 fully saturated rings. The van der Waals surface area contributed by atoms with Gasteiger partial charge in [0.1, 0.15) is 5.75 Å². The Bertz CT molecular complexity index is 448. The Morgan fingerprint density at radius 2 is 1.91 bits per heavy atom. The lowest BCUT2D eigenvalue weighted by molar-refractivity contribution is 0.0150. The SMILES string of the molecule is CCCCOC[C@H](O)CN1CCN(c2ccccc2OC)CC1. The maximum Gasteiger partial charge on any atom is 0.142 e. The fraction of sp³-hybridized carbons (Fsp3) is 0.667. The molecule has 0 saturated carbocycles. The summed E-state index contributed by atoms with van der Waals surface area (Å²) in [4.78, 5) is 4.65. The zero-order valence-corrected chi connectivity index (χ0v) is 14.4. The van der Waals surface area contributed by atoms with Crippen LogP contribution in [-0.4, -0.2) is 69.2 Å². The van der Waals surface area contributed by atoms with E-state index in [1.54, 1.807) is 7.11 Å². The maximum absolute atomic E-state index is 10.1. The number of piperazine rings is 1. The summed E-state index contributed by atoms with van der Waals surface area (Å²) in [5.41, 5.74) is 1.15. The molecule has 130 valence electrons. The molecule has 0 amide bonds. The summed E-state index contributed by atoms with van der Waals surface area (Å²) in [6.07, 6.45) is 1.79. The zero-order chi connectivity index (χ0) is 16.5. The molecule has 0 spiro atoms. The number of aliphatic hydroxyl groups is 1. The third-order valence-corrected chi connectivity index (χ3v) is 4.22. The van der Waals surface area contributed by atoms with Crippen LogP contribution in [0.15, 0.2) is 24.3 Å². The number of ether oxygens (including phenoxy) is 2. The number of hydrogen-bond acceptors (Lipinski definition) is 5. The number of anilines is 1. The highest BCUT2D eigenvalue weighted by molar-refractivity contribution is 5.58. The summed E-state index contributed by atoms with van der Waals surface area (Å²) >= 11 is 0. The largest absolute Gasteiger partial charge is 0.495 e. The normalized spacial score (nSPS) is 17.3. The number of para-hydroxylation sites is 2. The highest BCUT2D eigenvalue weighted by Gasteiger charge is 2.21. The molecule has 5 nitrogen and oxygen atoms in total. The molecule has 0 unspecified atom stereocenters. The lowest BCUT2D eigenvalue weighted by Gasteiger charge is -2.37. The Hall–Kier alpha value is -1.30. The van der Waals surface area contributed by atoms with Crippen LogP contribution in [0.3, 0.4) is 0 Å². The van der Waals surface area contributed by atoms with Gasteiger partial charge in [-0.25, -0.2) is 0 Å². The predicted octanol–water partition coefficient (Wildman–Crippen LogP) is 1.99. The van der Waals surface area contributed by atoms with Gasteiger partial charge in [-0.05, 0) is 18.6 Å². The first kappa shape index (κ1) is 18.0. The fourth-order valence-corrected chi connectivity index (χ4v) is 2.88. The van der Waals surface area contributed by atoms with Gasteiger partial charge in [0.2, 0.25) is 0 Å². The minimum atomic E-state index is -0.398. The van der Waals surface area contributed by atoms with Crippen molar-refractivity contribution in [3.8, 4) is 5.75 Å². The number of benzene rings is 1. The molecule has 1 saturated heterocycles. The van der Waals surface area contributed by atoms with Crippen molar-refractivity contribution in [3.05, 3.63) is 24.3 Å². The smallest absolute Gasteiger partial charge is 0.142 e. The standard InChI is InChI=1S/C18H30N2O3/c1-3-4-13-23-15-16(21)14-19-9-11-20(12-10-19)17-7-5-6-8-18(17)22-2/h5-8,16,21H,3-4,9-15H2,1-2H3/t16-/m1/s1. The highest BCUT2D eigenvalue weighted by Crippen LogP contribution is 2.28. The molecular weight excluding hydrogens is 292 g/mol. The van der Waals surface area contributed by atoms with Crippen molar-refractivity contribution in [1.82, 2.24) is 4.90 Å². The number of aliphatic hydroxyl groups excluding tert-OH is 1. The second-order valence-electron chi connectivity index (χ2n) is 6.04. The topological polar surface area (TPSA) is 45.2 Å². The molecule has 1 aromatic rings. The van der Waals surface area contributed by atoms with Gasteiger partial charge in [-0.2, -0.15) is 0 Å². The van der Waals surface area contributed by atoms with Gasteiger partial charge in [-0.3, -0.25) is 4.90 Å². The van der Waals surface area contributed by atoms with Crippen LogP contribution in [0.4, 0.5) is 5.69 Å². The quantitative estimate of drug-likeness (QED) is 0.705. The van der Waals surface area contributed by atoms with Crippen LogP contribution in [0.5, 0.6) is 5.75 Å². The molecule has 0 bridgehead atoms. The summed E-state index contributed by atoms with van der Waals surface area (Å²) in [5, 5.41) is 10.1. The van der Waals surface area contributed by atoms with Crippen LogP contribution in [0, 0.1) is 0 Å². The average Bonchev–Trinajstić information content (AvgIpc) is 2.59. The summed E-state index contributed by atoms with van der Waals surface area (Å²) in [7, 11) is 1.71. The second kappa shape index (κ2) is 9.75. The lowest BCUT2D eigenvalue weighted by Crippen LogP contribution is -2.49. The van der Waals surface area contributed by atoms with Gasteiger partial charge >= 0.3 is 0 Å². The molecule has 0 aliphatic carbocycles. The Morgan fingerprint density at radius 1 is 1.17 bits per heavy atom.